The van der Waals surface area contributed by atoms with Crippen LogP contribution in [-0.2, 0) is 6.61 Å². The van der Waals surface area contributed by atoms with Gasteiger partial charge < -0.3 is 10.2 Å². The van der Waals surface area contributed by atoms with Crippen molar-refractivity contribution in [2.75, 3.05) is 0 Å². The normalized spacial score (nSPS) is 10.5. The lowest BCUT2D eigenvalue weighted by atomic mass is 10.1. The fourth-order valence-corrected chi connectivity index (χ4v) is 1.71. The molecule has 0 aliphatic heterocycles. The van der Waals surface area contributed by atoms with Crippen molar-refractivity contribution in [2.45, 2.75) is 20.5 Å². The second kappa shape index (κ2) is 4.51. The zero-order chi connectivity index (χ0) is 12.4. The first-order valence-corrected chi connectivity index (χ1v) is 5.36. The molecular weight excluding hydrogens is 216 g/mol. The Balaban J connectivity index is 2.50. The number of hydrogen-bond acceptors (Lipinski definition) is 4. The standard InChI is InChI=1S/C13H14N2O2/c1-8-12(7-16)9(2)15-13(14-8)10-3-5-11(17)6-4-10/h3-6,16-17H,7H2,1-2H3. The number of aromatic hydroxyl groups is 1. The Morgan fingerprint density at radius 2 is 1.53 bits per heavy atom. The number of nitrogens with zero attached hydrogens (tertiary/aromatic N) is 2. The lowest BCUT2D eigenvalue weighted by molar-refractivity contribution is 0.279. The summed E-state index contributed by atoms with van der Waals surface area (Å²) >= 11 is 0. The van der Waals surface area contributed by atoms with Crippen molar-refractivity contribution in [1.29, 1.82) is 0 Å². The average molecular weight is 230 g/mol. The van der Waals surface area contributed by atoms with Crippen LogP contribution >= 0.6 is 0 Å². The second-order valence-corrected chi connectivity index (χ2v) is 3.90. The van der Waals surface area contributed by atoms with Crippen molar-refractivity contribution >= 4 is 0 Å². The largest absolute Gasteiger partial charge is 0.508 e. The minimum Gasteiger partial charge on any atom is -0.508 e. The van der Waals surface area contributed by atoms with Crippen LogP contribution in [0.5, 0.6) is 5.75 Å². The lowest BCUT2D eigenvalue weighted by Crippen LogP contribution is -2.02. The molecule has 88 valence electrons. The van der Waals surface area contributed by atoms with Gasteiger partial charge in [-0.15, -0.1) is 0 Å². The maximum absolute atomic E-state index is 9.22. The van der Waals surface area contributed by atoms with Crippen LogP contribution in [0.15, 0.2) is 24.3 Å². The maximum Gasteiger partial charge on any atom is 0.159 e. The molecule has 2 aromatic rings. The molecule has 0 saturated heterocycles. The van der Waals surface area contributed by atoms with Gasteiger partial charge in [0.15, 0.2) is 5.82 Å². The molecule has 4 nitrogen and oxygen atoms in total. The van der Waals surface area contributed by atoms with Crippen molar-refractivity contribution in [1.82, 2.24) is 9.97 Å². The summed E-state index contributed by atoms with van der Waals surface area (Å²) in [5.41, 5.74) is 3.18. The number of aromatic nitrogens is 2. The Morgan fingerprint density at radius 3 is 2.00 bits per heavy atom. The quantitative estimate of drug-likeness (QED) is 0.827. The SMILES string of the molecule is Cc1nc(-c2ccc(O)cc2)nc(C)c1CO. The van der Waals surface area contributed by atoms with Crippen LogP contribution < -0.4 is 0 Å². The summed E-state index contributed by atoms with van der Waals surface area (Å²) in [6.45, 7) is 3.65. The molecule has 1 heterocycles. The number of phenols is 1. The van der Waals surface area contributed by atoms with E-state index in [1.54, 1.807) is 24.3 Å². The number of hydrogen-bond donors (Lipinski definition) is 2. The summed E-state index contributed by atoms with van der Waals surface area (Å²) in [5.74, 6) is 0.825. The molecule has 0 fully saturated rings. The van der Waals surface area contributed by atoms with Gasteiger partial charge in [-0.25, -0.2) is 9.97 Å². The molecule has 0 unspecified atom stereocenters. The molecule has 4 heteroatoms. The number of aryl methyl sites for hydroxylation is 2. The topological polar surface area (TPSA) is 66.2 Å². The summed E-state index contributed by atoms with van der Waals surface area (Å²) < 4.78 is 0. The van der Waals surface area contributed by atoms with E-state index in [-0.39, 0.29) is 12.4 Å². The highest BCUT2D eigenvalue weighted by molar-refractivity contribution is 5.56. The molecule has 0 spiro atoms. The van der Waals surface area contributed by atoms with Crippen molar-refractivity contribution in [2.24, 2.45) is 0 Å². The Kier molecular flexibility index (Phi) is 3.06. The van der Waals surface area contributed by atoms with E-state index in [0.717, 1.165) is 22.5 Å². The van der Waals surface area contributed by atoms with Gasteiger partial charge in [-0.3, -0.25) is 0 Å². The van der Waals surface area contributed by atoms with E-state index in [1.807, 2.05) is 13.8 Å². The molecule has 0 amide bonds. The van der Waals surface area contributed by atoms with Gasteiger partial charge in [-0.05, 0) is 38.1 Å². The monoisotopic (exact) mass is 230 g/mol. The van der Waals surface area contributed by atoms with Crippen LogP contribution in [0.1, 0.15) is 17.0 Å². The van der Waals surface area contributed by atoms with E-state index in [0.29, 0.717) is 5.82 Å². The molecule has 17 heavy (non-hydrogen) atoms. The van der Waals surface area contributed by atoms with Crippen LogP contribution in [0.25, 0.3) is 11.4 Å². The van der Waals surface area contributed by atoms with Crippen LogP contribution in [0.3, 0.4) is 0 Å². The van der Waals surface area contributed by atoms with Crippen LogP contribution in [0, 0.1) is 13.8 Å². The molecule has 1 aromatic carbocycles. The fraction of sp³-hybridized carbons (Fsp3) is 0.231. The highest BCUT2D eigenvalue weighted by Gasteiger charge is 2.08. The Hall–Kier alpha value is -1.94. The highest BCUT2D eigenvalue weighted by Crippen LogP contribution is 2.20. The van der Waals surface area contributed by atoms with Gasteiger partial charge in [0, 0.05) is 22.5 Å². The van der Waals surface area contributed by atoms with Crippen molar-refractivity contribution in [3.63, 3.8) is 0 Å². The van der Waals surface area contributed by atoms with Crippen LogP contribution in [0.4, 0.5) is 0 Å². The van der Waals surface area contributed by atoms with Gasteiger partial charge in [0.1, 0.15) is 5.75 Å². The second-order valence-electron chi connectivity index (χ2n) is 3.90. The van der Waals surface area contributed by atoms with Crippen LogP contribution in [-0.4, -0.2) is 20.2 Å². The molecule has 1 aromatic heterocycles. The first kappa shape index (κ1) is 11.5. The van der Waals surface area contributed by atoms with E-state index in [1.165, 1.54) is 0 Å². The third-order valence-corrected chi connectivity index (χ3v) is 2.70. The van der Waals surface area contributed by atoms with E-state index >= 15 is 0 Å². The van der Waals surface area contributed by atoms with E-state index in [4.69, 9.17) is 0 Å². The zero-order valence-electron chi connectivity index (χ0n) is 9.81. The van der Waals surface area contributed by atoms with Crippen LogP contribution in [0.2, 0.25) is 0 Å². The first-order valence-electron chi connectivity index (χ1n) is 5.36. The Morgan fingerprint density at radius 1 is 1.00 bits per heavy atom. The molecular formula is C13H14N2O2. The molecule has 0 aliphatic carbocycles. The third-order valence-electron chi connectivity index (χ3n) is 2.70. The van der Waals surface area contributed by atoms with Gasteiger partial charge in [0.2, 0.25) is 0 Å². The zero-order valence-corrected chi connectivity index (χ0v) is 9.81. The van der Waals surface area contributed by atoms with Gasteiger partial charge in [-0.1, -0.05) is 0 Å². The number of aliphatic hydroxyl groups excluding tert-OH is 1. The summed E-state index contributed by atoms with van der Waals surface area (Å²) in [6.07, 6.45) is 0. The van der Waals surface area contributed by atoms with E-state index < -0.39 is 0 Å². The van der Waals surface area contributed by atoms with Crippen molar-refractivity contribution in [3.05, 3.63) is 41.2 Å². The summed E-state index contributed by atoms with van der Waals surface area (Å²) in [7, 11) is 0. The van der Waals surface area contributed by atoms with Gasteiger partial charge in [0.05, 0.1) is 6.61 Å². The van der Waals surface area contributed by atoms with Gasteiger partial charge in [-0.2, -0.15) is 0 Å². The van der Waals surface area contributed by atoms with E-state index in [2.05, 4.69) is 9.97 Å². The third kappa shape index (κ3) is 2.26. The lowest BCUT2D eigenvalue weighted by Gasteiger charge is -2.08. The fourth-order valence-electron chi connectivity index (χ4n) is 1.71. The Bertz CT molecular complexity index is 513. The number of rotatable bonds is 2. The molecule has 0 aliphatic rings. The molecule has 0 saturated carbocycles. The highest BCUT2D eigenvalue weighted by atomic mass is 16.3. The minimum absolute atomic E-state index is 0.0481. The predicted octanol–water partition coefficient (Wildman–Crippen LogP) is 1.96. The molecule has 2 rings (SSSR count). The maximum atomic E-state index is 9.22. The predicted molar refractivity (Wildman–Crippen MR) is 64.5 cm³/mol. The summed E-state index contributed by atoms with van der Waals surface area (Å²) in [4.78, 5) is 8.70. The minimum atomic E-state index is -0.0481. The summed E-state index contributed by atoms with van der Waals surface area (Å²) in [5, 5.41) is 18.4. The molecule has 0 radical (unpaired) electrons. The average Bonchev–Trinajstić information content (AvgIpc) is 2.29. The number of phenolic OH excluding ortho intramolecular Hbond substituents is 1. The Labute approximate surface area is 99.6 Å². The number of aliphatic hydroxyl groups is 1. The van der Waals surface area contributed by atoms with Gasteiger partial charge >= 0.3 is 0 Å². The van der Waals surface area contributed by atoms with Gasteiger partial charge in [0.25, 0.3) is 0 Å². The van der Waals surface area contributed by atoms with Crippen molar-refractivity contribution < 1.29 is 10.2 Å². The molecule has 0 atom stereocenters. The molecule has 2 N–H and O–H groups in total. The van der Waals surface area contributed by atoms with E-state index in [9.17, 15) is 10.2 Å². The summed E-state index contributed by atoms with van der Waals surface area (Å²) in [6, 6.07) is 6.73. The van der Waals surface area contributed by atoms with Crippen molar-refractivity contribution in [3.8, 4) is 17.1 Å². The molecule has 0 bridgehead atoms. The first-order chi connectivity index (χ1) is 8.11. The smallest absolute Gasteiger partial charge is 0.159 e. The number of benzene rings is 1.